The summed E-state index contributed by atoms with van der Waals surface area (Å²) in [4.78, 5) is 14.6. The number of benzene rings is 2. The van der Waals surface area contributed by atoms with Crippen molar-refractivity contribution in [2.45, 2.75) is 58.2 Å². The van der Waals surface area contributed by atoms with E-state index in [2.05, 4.69) is 66.9 Å². The molecule has 194 valence electrons. The second-order valence-electron chi connectivity index (χ2n) is 11.8. The van der Waals surface area contributed by atoms with Crippen molar-refractivity contribution in [1.29, 1.82) is 0 Å². The van der Waals surface area contributed by atoms with Gasteiger partial charge in [0.25, 0.3) is 0 Å². The molecule has 3 saturated heterocycles. The van der Waals surface area contributed by atoms with Crippen LogP contribution in [0.25, 0.3) is 11.3 Å². The number of carbonyl (C=O) groups excluding carboxylic acids is 1. The van der Waals surface area contributed by atoms with Crippen molar-refractivity contribution in [3.05, 3.63) is 59.8 Å². The Balaban J connectivity index is 1.04. The molecule has 0 radical (unpaired) electrons. The summed E-state index contributed by atoms with van der Waals surface area (Å²) in [6.45, 7) is 10.3. The van der Waals surface area contributed by atoms with Gasteiger partial charge in [-0.25, -0.2) is 4.68 Å². The standard InChI is InChI=1S/C29H35N5O3/c1-29(2,3)22-7-5-20(6-8-22)25-17-34(32-31-25)15-23-13-21-10-11-33(23)16-24(21)28(35)30-14-19-4-9-26-27(12-19)37-18-36-26/h4-9,12,17,21,23-24H,10-11,13-16,18H2,1-3H3,(H,30,35)/p+1/t21-,23-,24+/m1/s1. The molecule has 1 aromatic heterocycles. The highest BCUT2D eigenvalue weighted by molar-refractivity contribution is 5.79. The number of fused-ring (bicyclic) bond motifs is 4. The van der Waals surface area contributed by atoms with Gasteiger partial charge in [-0.2, -0.15) is 0 Å². The topological polar surface area (TPSA) is 82.7 Å². The largest absolute Gasteiger partial charge is 0.454 e. The predicted octanol–water partition coefficient (Wildman–Crippen LogP) is 2.58. The van der Waals surface area contributed by atoms with Gasteiger partial charge >= 0.3 is 0 Å². The number of hydrogen-bond donors (Lipinski definition) is 2. The maximum absolute atomic E-state index is 13.1. The first-order valence-corrected chi connectivity index (χ1v) is 13.4. The monoisotopic (exact) mass is 502 g/mol. The maximum Gasteiger partial charge on any atom is 0.231 e. The Morgan fingerprint density at radius 1 is 1.14 bits per heavy atom. The number of aromatic nitrogens is 3. The lowest BCUT2D eigenvalue weighted by atomic mass is 9.75. The summed E-state index contributed by atoms with van der Waals surface area (Å²) >= 11 is 0. The van der Waals surface area contributed by atoms with Gasteiger partial charge in [0.2, 0.25) is 12.7 Å². The normalized spacial score (nSPS) is 24.3. The molecule has 8 nitrogen and oxygen atoms in total. The van der Waals surface area contributed by atoms with E-state index in [9.17, 15) is 4.79 Å². The van der Waals surface area contributed by atoms with Gasteiger partial charge in [0.05, 0.1) is 31.7 Å². The van der Waals surface area contributed by atoms with Gasteiger partial charge < -0.3 is 19.7 Å². The summed E-state index contributed by atoms with van der Waals surface area (Å²) in [6.07, 6.45) is 4.22. The molecule has 5 heterocycles. The van der Waals surface area contributed by atoms with Gasteiger partial charge in [0, 0.05) is 24.9 Å². The number of quaternary nitrogens is 1. The lowest BCUT2D eigenvalue weighted by Gasteiger charge is -2.46. The van der Waals surface area contributed by atoms with Crippen LogP contribution in [0.1, 0.15) is 44.7 Å². The molecule has 0 spiro atoms. The number of carbonyl (C=O) groups is 1. The van der Waals surface area contributed by atoms with Crippen LogP contribution in [0, 0.1) is 11.8 Å². The zero-order valence-corrected chi connectivity index (χ0v) is 21.9. The number of piperidine rings is 3. The maximum atomic E-state index is 13.1. The Hall–Kier alpha value is -3.39. The Bertz CT molecular complexity index is 1280. The minimum atomic E-state index is 0.0710. The van der Waals surface area contributed by atoms with E-state index in [4.69, 9.17) is 9.47 Å². The molecule has 3 fully saturated rings. The van der Waals surface area contributed by atoms with E-state index in [0.29, 0.717) is 18.5 Å². The van der Waals surface area contributed by atoms with E-state index in [1.54, 1.807) is 0 Å². The zero-order valence-electron chi connectivity index (χ0n) is 21.9. The van der Waals surface area contributed by atoms with E-state index in [1.807, 2.05) is 22.9 Å². The van der Waals surface area contributed by atoms with Crippen molar-refractivity contribution in [3.8, 4) is 22.8 Å². The molecular weight excluding hydrogens is 466 g/mol. The van der Waals surface area contributed by atoms with E-state index in [-0.39, 0.29) is 24.0 Å². The molecule has 2 N–H and O–H groups in total. The van der Waals surface area contributed by atoms with Crippen molar-refractivity contribution in [2.24, 2.45) is 11.8 Å². The summed E-state index contributed by atoms with van der Waals surface area (Å²) < 4.78 is 12.8. The minimum absolute atomic E-state index is 0.0710. The number of nitrogens with zero attached hydrogens (tertiary/aromatic N) is 3. The quantitative estimate of drug-likeness (QED) is 0.542. The van der Waals surface area contributed by atoms with Crippen LogP contribution in [-0.2, 0) is 23.3 Å². The molecule has 8 heteroatoms. The first kappa shape index (κ1) is 24.0. The summed E-state index contributed by atoms with van der Waals surface area (Å²) in [6, 6.07) is 14.9. The number of hydrogen-bond acceptors (Lipinski definition) is 5. The third-order valence-electron chi connectivity index (χ3n) is 8.29. The number of rotatable bonds is 6. The van der Waals surface area contributed by atoms with Gasteiger partial charge in [0.1, 0.15) is 11.7 Å². The molecular formula is C29H36N5O3+. The molecule has 4 aliphatic rings. The molecule has 0 saturated carbocycles. The van der Waals surface area contributed by atoms with Crippen LogP contribution < -0.4 is 19.7 Å². The lowest BCUT2D eigenvalue weighted by Crippen LogP contribution is -3.20. The van der Waals surface area contributed by atoms with Gasteiger partial charge in [0.15, 0.2) is 11.5 Å². The Kier molecular flexibility index (Phi) is 6.15. The van der Waals surface area contributed by atoms with E-state index < -0.39 is 0 Å². The Labute approximate surface area is 217 Å². The van der Waals surface area contributed by atoms with Crippen LogP contribution in [0.2, 0.25) is 0 Å². The van der Waals surface area contributed by atoms with Crippen LogP contribution in [0.4, 0.5) is 0 Å². The number of amides is 1. The van der Waals surface area contributed by atoms with Crippen LogP contribution in [-0.4, -0.2) is 46.8 Å². The predicted molar refractivity (Wildman–Crippen MR) is 139 cm³/mol. The molecule has 2 bridgehead atoms. The van der Waals surface area contributed by atoms with Crippen molar-refractivity contribution in [2.75, 3.05) is 19.9 Å². The Morgan fingerprint density at radius 2 is 1.95 bits per heavy atom. The lowest BCUT2D eigenvalue weighted by molar-refractivity contribution is -0.945. The van der Waals surface area contributed by atoms with Crippen molar-refractivity contribution in [3.63, 3.8) is 0 Å². The van der Waals surface area contributed by atoms with Crippen LogP contribution in [0.15, 0.2) is 48.7 Å². The van der Waals surface area contributed by atoms with Crippen molar-refractivity contribution < 1.29 is 19.2 Å². The molecule has 3 aromatic rings. The average Bonchev–Trinajstić information content (AvgIpc) is 3.56. The van der Waals surface area contributed by atoms with E-state index in [0.717, 1.165) is 60.8 Å². The highest BCUT2D eigenvalue weighted by atomic mass is 16.7. The molecule has 37 heavy (non-hydrogen) atoms. The first-order chi connectivity index (χ1) is 17.8. The summed E-state index contributed by atoms with van der Waals surface area (Å²) in [5, 5.41) is 12.1. The second-order valence-corrected chi connectivity index (χ2v) is 11.8. The fourth-order valence-electron chi connectivity index (χ4n) is 6.08. The minimum Gasteiger partial charge on any atom is -0.454 e. The first-order valence-electron chi connectivity index (χ1n) is 13.4. The fraction of sp³-hybridized carbons (Fsp3) is 0.483. The molecule has 4 atom stereocenters. The second kappa shape index (κ2) is 9.49. The number of nitrogens with one attached hydrogen (secondary N) is 2. The number of ether oxygens (including phenoxy) is 2. The third-order valence-corrected chi connectivity index (χ3v) is 8.29. The van der Waals surface area contributed by atoms with Gasteiger partial charge in [-0.1, -0.05) is 56.3 Å². The highest BCUT2D eigenvalue weighted by Gasteiger charge is 2.46. The van der Waals surface area contributed by atoms with Gasteiger partial charge in [-0.3, -0.25) is 4.79 Å². The summed E-state index contributed by atoms with van der Waals surface area (Å²) in [5.41, 5.74) is 4.48. The smallest absolute Gasteiger partial charge is 0.231 e. The van der Waals surface area contributed by atoms with Gasteiger partial charge in [-0.15, -0.1) is 5.10 Å². The van der Waals surface area contributed by atoms with Crippen LogP contribution >= 0.6 is 0 Å². The molecule has 7 rings (SSSR count). The van der Waals surface area contributed by atoms with E-state index in [1.165, 1.54) is 10.5 Å². The third kappa shape index (κ3) is 4.94. The van der Waals surface area contributed by atoms with Crippen molar-refractivity contribution >= 4 is 5.91 Å². The fourth-order valence-corrected chi connectivity index (χ4v) is 6.08. The van der Waals surface area contributed by atoms with Crippen molar-refractivity contribution in [1.82, 2.24) is 20.3 Å². The molecule has 1 unspecified atom stereocenters. The summed E-state index contributed by atoms with van der Waals surface area (Å²) in [5.74, 6) is 2.18. The molecule has 1 amide bonds. The Morgan fingerprint density at radius 3 is 2.70 bits per heavy atom. The SMILES string of the molecule is CC(C)(C)c1ccc(-c2cn(C[C@H]3C[C@H]4CC[NH+]3C[C@@H]4C(=O)NCc3ccc4c(c3)OCO4)nn2)cc1. The highest BCUT2D eigenvalue weighted by Crippen LogP contribution is 2.33. The molecule has 0 aliphatic carbocycles. The van der Waals surface area contributed by atoms with Crippen LogP contribution in [0.3, 0.4) is 0 Å². The van der Waals surface area contributed by atoms with Crippen LogP contribution in [0.5, 0.6) is 11.5 Å². The van der Waals surface area contributed by atoms with E-state index >= 15 is 0 Å². The average molecular weight is 503 g/mol. The zero-order chi connectivity index (χ0) is 25.6. The summed E-state index contributed by atoms with van der Waals surface area (Å²) in [7, 11) is 0. The molecule has 2 aromatic carbocycles. The molecule has 4 aliphatic heterocycles. The van der Waals surface area contributed by atoms with Gasteiger partial charge in [-0.05, 0) is 34.6 Å².